The van der Waals surface area contributed by atoms with Crippen LogP contribution >= 0.6 is 11.6 Å². The van der Waals surface area contributed by atoms with E-state index in [9.17, 15) is 0 Å². The molecule has 88 valence electrons. The molecule has 2 aromatic heterocycles. The van der Waals surface area contributed by atoms with E-state index in [0.717, 1.165) is 18.7 Å². The zero-order valence-electron chi connectivity index (χ0n) is 9.68. The molecule has 0 aliphatic heterocycles. The Labute approximate surface area is 106 Å². The Hall–Kier alpha value is -1.61. The van der Waals surface area contributed by atoms with Crippen LogP contribution < -0.4 is 4.90 Å². The lowest BCUT2D eigenvalue weighted by Gasteiger charge is -2.18. The first kappa shape index (κ1) is 11.9. The van der Waals surface area contributed by atoms with Crippen LogP contribution in [0.2, 0.25) is 5.15 Å². The van der Waals surface area contributed by atoms with Crippen LogP contribution in [0.5, 0.6) is 0 Å². The van der Waals surface area contributed by atoms with Crippen molar-refractivity contribution in [2.75, 3.05) is 18.5 Å². The average molecular weight is 248 g/mol. The van der Waals surface area contributed by atoms with Crippen molar-refractivity contribution >= 4 is 17.3 Å². The fourth-order valence-electron chi connectivity index (χ4n) is 1.57. The molecule has 4 heteroatoms. The molecule has 0 spiro atoms. The second kappa shape index (κ2) is 5.64. The monoisotopic (exact) mass is 247 g/mol. The fraction of sp³-hybridized carbons (Fsp3) is 0.231. The van der Waals surface area contributed by atoms with Crippen LogP contribution in [0.4, 0.5) is 5.69 Å². The summed E-state index contributed by atoms with van der Waals surface area (Å²) in [5.41, 5.74) is 2.36. The molecule has 2 aromatic rings. The van der Waals surface area contributed by atoms with E-state index in [2.05, 4.69) is 14.9 Å². The molecular formula is C13H14ClN3. The number of halogens is 1. The summed E-state index contributed by atoms with van der Waals surface area (Å²) in [4.78, 5) is 10.2. The summed E-state index contributed by atoms with van der Waals surface area (Å²) in [6.07, 6.45) is 6.41. The largest absolute Gasteiger partial charge is 0.373 e. The molecule has 0 unspecified atom stereocenters. The number of hydrogen-bond donors (Lipinski definition) is 0. The molecule has 0 aliphatic rings. The van der Waals surface area contributed by atoms with Gasteiger partial charge in [-0.15, -0.1) is 0 Å². The van der Waals surface area contributed by atoms with Gasteiger partial charge in [0.05, 0.1) is 11.9 Å². The van der Waals surface area contributed by atoms with Crippen LogP contribution in [0.1, 0.15) is 5.56 Å². The molecule has 17 heavy (non-hydrogen) atoms. The Morgan fingerprint density at radius 1 is 1.18 bits per heavy atom. The van der Waals surface area contributed by atoms with Crippen molar-refractivity contribution in [3.63, 3.8) is 0 Å². The minimum Gasteiger partial charge on any atom is -0.373 e. The van der Waals surface area contributed by atoms with Gasteiger partial charge < -0.3 is 4.90 Å². The van der Waals surface area contributed by atoms with E-state index in [1.807, 2.05) is 37.6 Å². The first-order chi connectivity index (χ1) is 8.25. The molecule has 0 bridgehead atoms. The van der Waals surface area contributed by atoms with Gasteiger partial charge in [-0.25, -0.2) is 4.98 Å². The summed E-state index contributed by atoms with van der Waals surface area (Å²) in [6, 6.07) is 7.85. The molecule has 0 aromatic carbocycles. The molecular weight excluding hydrogens is 234 g/mol. The summed E-state index contributed by atoms with van der Waals surface area (Å²) < 4.78 is 0. The highest BCUT2D eigenvalue weighted by atomic mass is 35.5. The van der Waals surface area contributed by atoms with Gasteiger partial charge in [-0.05, 0) is 36.2 Å². The van der Waals surface area contributed by atoms with E-state index in [1.165, 1.54) is 5.56 Å². The van der Waals surface area contributed by atoms with E-state index >= 15 is 0 Å². The van der Waals surface area contributed by atoms with Crippen molar-refractivity contribution in [1.29, 1.82) is 0 Å². The summed E-state index contributed by atoms with van der Waals surface area (Å²) in [7, 11) is 2.05. The van der Waals surface area contributed by atoms with Gasteiger partial charge in [0.1, 0.15) is 5.15 Å². The quantitative estimate of drug-likeness (QED) is 0.778. The van der Waals surface area contributed by atoms with Crippen LogP contribution in [0.15, 0.2) is 42.9 Å². The van der Waals surface area contributed by atoms with Crippen LogP contribution in [0.25, 0.3) is 0 Å². The Kier molecular flexibility index (Phi) is 3.94. The SMILES string of the molecule is CN(CCc1ccncc1)c1ccc(Cl)nc1. The number of aromatic nitrogens is 2. The summed E-state index contributed by atoms with van der Waals surface area (Å²) >= 11 is 5.75. The van der Waals surface area contributed by atoms with Crippen molar-refractivity contribution in [3.8, 4) is 0 Å². The lowest BCUT2D eigenvalue weighted by molar-refractivity contribution is 0.872. The van der Waals surface area contributed by atoms with E-state index in [4.69, 9.17) is 11.6 Å². The number of rotatable bonds is 4. The van der Waals surface area contributed by atoms with Crippen molar-refractivity contribution in [2.45, 2.75) is 6.42 Å². The lowest BCUT2D eigenvalue weighted by atomic mass is 10.2. The molecule has 0 fully saturated rings. The molecule has 0 atom stereocenters. The zero-order chi connectivity index (χ0) is 12.1. The molecule has 0 radical (unpaired) electrons. The van der Waals surface area contributed by atoms with E-state index in [1.54, 1.807) is 12.3 Å². The summed E-state index contributed by atoms with van der Waals surface area (Å²) in [5.74, 6) is 0. The molecule has 3 nitrogen and oxygen atoms in total. The number of nitrogens with zero attached hydrogens (tertiary/aromatic N) is 3. The first-order valence-corrected chi connectivity index (χ1v) is 5.85. The van der Waals surface area contributed by atoms with Crippen molar-refractivity contribution in [2.24, 2.45) is 0 Å². The van der Waals surface area contributed by atoms with Crippen LogP contribution in [0, 0.1) is 0 Å². The number of anilines is 1. The fourth-order valence-corrected chi connectivity index (χ4v) is 1.68. The lowest BCUT2D eigenvalue weighted by Crippen LogP contribution is -2.20. The first-order valence-electron chi connectivity index (χ1n) is 5.47. The average Bonchev–Trinajstić information content (AvgIpc) is 2.38. The Morgan fingerprint density at radius 2 is 1.94 bits per heavy atom. The second-order valence-corrected chi connectivity index (χ2v) is 4.25. The maximum absolute atomic E-state index is 5.75. The standard InChI is InChI=1S/C13H14ClN3/c1-17(12-2-3-13(14)16-10-12)9-6-11-4-7-15-8-5-11/h2-5,7-8,10H,6,9H2,1H3. The molecule has 2 rings (SSSR count). The van der Waals surface area contributed by atoms with Crippen LogP contribution in [-0.4, -0.2) is 23.6 Å². The third-order valence-corrected chi connectivity index (χ3v) is 2.86. The highest BCUT2D eigenvalue weighted by Crippen LogP contribution is 2.14. The summed E-state index contributed by atoms with van der Waals surface area (Å²) in [6.45, 7) is 0.938. The molecule has 0 saturated carbocycles. The van der Waals surface area contributed by atoms with Gasteiger partial charge in [0.2, 0.25) is 0 Å². The van der Waals surface area contributed by atoms with Gasteiger partial charge in [-0.3, -0.25) is 4.98 Å². The molecule has 0 aliphatic carbocycles. The molecule has 0 saturated heterocycles. The van der Waals surface area contributed by atoms with Crippen LogP contribution in [0.3, 0.4) is 0 Å². The highest BCUT2D eigenvalue weighted by molar-refractivity contribution is 6.29. The number of pyridine rings is 2. The minimum atomic E-state index is 0.524. The maximum atomic E-state index is 5.75. The number of hydrogen-bond acceptors (Lipinski definition) is 3. The van der Waals surface area contributed by atoms with Crippen LogP contribution in [-0.2, 0) is 6.42 Å². The van der Waals surface area contributed by atoms with Gasteiger partial charge in [0.15, 0.2) is 0 Å². The molecule has 0 amide bonds. The van der Waals surface area contributed by atoms with Crippen molar-refractivity contribution in [1.82, 2.24) is 9.97 Å². The topological polar surface area (TPSA) is 29.0 Å². The molecule has 0 N–H and O–H groups in total. The van der Waals surface area contributed by atoms with Crippen molar-refractivity contribution < 1.29 is 0 Å². The third kappa shape index (κ3) is 3.43. The predicted molar refractivity (Wildman–Crippen MR) is 70.5 cm³/mol. The summed E-state index contributed by atoms with van der Waals surface area (Å²) in [5, 5.41) is 0.524. The minimum absolute atomic E-state index is 0.524. The van der Waals surface area contributed by atoms with E-state index in [-0.39, 0.29) is 0 Å². The smallest absolute Gasteiger partial charge is 0.129 e. The van der Waals surface area contributed by atoms with E-state index < -0.39 is 0 Å². The number of likely N-dealkylation sites (N-methyl/N-ethyl adjacent to an activating group) is 1. The Balaban J connectivity index is 1.93. The van der Waals surface area contributed by atoms with Gasteiger partial charge in [0, 0.05) is 26.0 Å². The van der Waals surface area contributed by atoms with Gasteiger partial charge in [-0.1, -0.05) is 11.6 Å². The maximum Gasteiger partial charge on any atom is 0.129 e. The predicted octanol–water partition coefficient (Wildman–Crippen LogP) is 2.81. The highest BCUT2D eigenvalue weighted by Gasteiger charge is 2.01. The van der Waals surface area contributed by atoms with Gasteiger partial charge in [-0.2, -0.15) is 0 Å². The van der Waals surface area contributed by atoms with E-state index in [0.29, 0.717) is 5.15 Å². The Morgan fingerprint density at radius 3 is 2.59 bits per heavy atom. The van der Waals surface area contributed by atoms with Gasteiger partial charge in [0.25, 0.3) is 0 Å². The second-order valence-electron chi connectivity index (χ2n) is 3.87. The zero-order valence-corrected chi connectivity index (χ0v) is 10.4. The third-order valence-electron chi connectivity index (χ3n) is 2.64. The van der Waals surface area contributed by atoms with Gasteiger partial charge >= 0.3 is 0 Å². The normalized spacial score (nSPS) is 10.2. The molecule has 2 heterocycles. The van der Waals surface area contributed by atoms with Crippen molar-refractivity contribution in [3.05, 3.63) is 53.6 Å². The Bertz CT molecular complexity index is 456.